The summed E-state index contributed by atoms with van der Waals surface area (Å²) < 4.78 is 4.98. The number of hydrogen-bond acceptors (Lipinski definition) is 2. The second kappa shape index (κ2) is 3.20. The van der Waals surface area contributed by atoms with Gasteiger partial charge in [-0.2, -0.15) is 0 Å². The summed E-state index contributed by atoms with van der Waals surface area (Å²) in [5.74, 6) is 0.893. The first-order chi connectivity index (χ1) is 4.86. The fraction of sp³-hybridized carbons (Fsp3) is 0.375. The van der Waals surface area contributed by atoms with E-state index < -0.39 is 0 Å². The molecule has 10 heavy (non-hydrogen) atoms. The highest BCUT2D eigenvalue weighted by molar-refractivity contribution is 5.77. The molecule has 1 rings (SSSR count). The number of allylic oxidation sites excluding steroid dienone is 4. The lowest BCUT2D eigenvalue weighted by Crippen LogP contribution is -1.94. The van der Waals surface area contributed by atoms with Gasteiger partial charge in [0, 0.05) is 12.0 Å². The highest BCUT2D eigenvalue weighted by Crippen LogP contribution is 2.15. The predicted molar refractivity (Wildman–Crippen MR) is 38.5 cm³/mol. The zero-order valence-electron chi connectivity index (χ0n) is 5.96. The van der Waals surface area contributed by atoms with Gasteiger partial charge in [0.2, 0.25) is 0 Å². The van der Waals surface area contributed by atoms with Gasteiger partial charge in [-0.3, -0.25) is 4.79 Å². The van der Waals surface area contributed by atoms with Crippen molar-refractivity contribution in [2.75, 3.05) is 7.11 Å². The third-order valence-corrected chi connectivity index (χ3v) is 1.50. The molecule has 0 N–H and O–H groups in total. The minimum absolute atomic E-state index is 0.725. The number of methoxy groups -OCH3 is 1. The maximum Gasteiger partial charge on any atom is 0.149 e. The first-order valence-corrected chi connectivity index (χ1v) is 3.26. The number of aldehydes is 1. The number of carbonyl (C=O) groups is 1. The van der Waals surface area contributed by atoms with Crippen molar-refractivity contribution in [3.8, 4) is 0 Å². The Bertz CT molecular complexity index is 189. The molecule has 0 saturated heterocycles. The summed E-state index contributed by atoms with van der Waals surface area (Å²) >= 11 is 0. The van der Waals surface area contributed by atoms with Crippen molar-refractivity contribution in [1.29, 1.82) is 0 Å². The normalized spacial score (nSPS) is 17.3. The van der Waals surface area contributed by atoms with Crippen molar-refractivity contribution >= 4 is 6.29 Å². The van der Waals surface area contributed by atoms with E-state index in [-0.39, 0.29) is 0 Å². The minimum Gasteiger partial charge on any atom is -0.501 e. The average Bonchev–Trinajstić information content (AvgIpc) is 2.05. The van der Waals surface area contributed by atoms with E-state index in [0.717, 1.165) is 30.5 Å². The molecule has 0 fully saturated rings. The number of hydrogen-bond donors (Lipinski definition) is 0. The summed E-state index contributed by atoms with van der Waals surface area (Å²) in [4.78, 5) is 10.3. The van der Waals surface area contributed by atoms with E-state index in [1.54, 1.807) is 13.2 Å². The van der Waals surface area contributed by atoms with E-state index in [1.165, 1.54) is 0 Å². The SMILES string of the molecule is COC1=CC(C=O)=CCC1. The van der Waals surface area contributed by atoms with Gasteiger partial charge < -0.3 is 4.74 Å². The van der Waals surface area contributed by atoms with E-state index in [1.807, 2.05) is 6.08 Å². The molecule has 0 spiro atoms. The summed E-state index contributed by atoms with van der Waals surface area (Å²) in [6.07, 6.45) is 6.35. The van der Waals surface area contributed by atoms with Gasteiger partial charge in [-0.1, -0.05) is 6.08 Å². The second-order valence-electron chi connectivity index (χ2n) is 2.18. The van der Waals surface area contributed by atoms with Crippen molar-refractivity contribution < 1.29 is 9.53 Å². The molecule has 0 bridgehead atoms. The van der Waals surface area contributed by atoms with Crippen LogP contribution in [0.4, 0.5) is 0 Å². The number of ether oxygens (including phenoxy) is 1. The summed E-state index contributed by atoms with van der Waals surface area (Å²) in [6, 6.07) is 0. The van der Waals surface area contributed by atoms with Crippen molar-refractivity contribution in [3.63, 3.8) is 0 Å². The summed E-state index contributed by atoms with van der Waals surface area (Å²) in [7, 11) is 1.62. The zero-order valence-corrected chi connectivity index (χ0v) is 5.96. The van der Waals surface area contributed by atoms with Gasteiger partial charge in [-0.15, -0.1) is 0 Å². The second-order valence-corrected chi connectivity index (χ2v) is 2.18. The Morgan fingerprint density at radius 3 is 3.10 bits per heavy atom. The van der Waals surface area contributed by atoms with Crippen LogP contribution in [0.25, 0.3) is 0 Å². The molecule has 0 aromatic rings. The number of carbonyl (C=O) groups excluding carboxylic acids is 1. The molecule has 0 atom stereocenters. The molecule has 0 aliphatic heterocycles. The third-order valence-electron chi connectivity index (χ3n) is 1.50. The van der Waals surface area contributed by atoms with Crippen LogP contribution >= 0.6 is 0 Å². The Kier molecular flexibility index (Phi) is 2.26. The third kappa shape index (κ3) is 1.47. The van der Waals surface area contributed by atoms with E-state index in [9.17, 15) is 4.79 Å². The molecule has 0 saturated carbocycles. The average molecular weight is 138 g/mol. The molecule has 0 heterocycles. The summed E-state index contributed by atoms with van der Waals surface area (Å²) in [6.45, 7) is 0. The first kappa shape index (κ1) is 7.06. The van der Waals surface area contributed by atoms with Crippen molar-refractivity contribution in [3.05, 3.63) is 23.5 Å². The highest BCUT2D eigenvalue weighted by atomic mass is 16.5. The van der Waals surface area contributed by atoms with E-state index in [4.69, 9.17) is 4.74 Å². The molecular weight excluding hydrogens is 128 g/mol. The lowest BCUT2D eigenvalue weighted by molar-refractivity contribution is -0.104. The van der Waals surface area contributed by atoms with Crippen LogP contribution in [0, 0.1) is 0 Å². The zero-order chi connectivity index (χ0) is 7.40. The molecule has 0 amide bonds. The van der Waals surface area contributed by atoms with Crippen molar-refractivity contribution in [2.24, 2.45) is 0 Å². The van der Waals surface area contributed by atoms with Gasteiger partial charge in [0.15, 0.2) is 0 Å². The molecular formula is C8H10O2. The quantitative estimate of drug-likeness (QED) is 0.539. The maximum absolute atomic E-state index is 10.3. The molecule has 1 aliphatic carbocycles. The Labute approximate surface area is 60.2 Å². The number of rotatable bonds is 2. The highest BCUT2D eigenvalue weighted by Gasteiger charge is 2.02. The van der Waals surface area contributed by atoms with Gasteiger partial charge in [0.05, 0.1) is 12.9 Å². The Morgan fingerprint density at radius 2 is 2.50 bits per heavy atom. The van der Waals surface area contributed by atoms with Crippen LogP contribution in [-0.2, 0) is 9.53 Å². The fourth-order valence-corrected chi connectivity index (χ4v) is 0.941. The van der Waals surface area contributed by atoms with Gasteiger partial charge in [-0.05, 0) is 12.5 Å². The molecule has 0 aromatic carbocycles. The van der Waals surface area contributed by atoms with Crippen molar-refractivity contribution in [1.82, 2.24) is 0 Å². The molecule has 54 valence electrons. The Balaban J connectivity index is 2.70. The van der Waals surface area contributed by atoms with Crippen LogP contribution in [0.3, 0.4) is 0 Å². The lowest BCUT2D eigenvalue weighted by atomic mass is 10.1. The first-order valence-electron chi connectivity index (χ1n) is 3.26. The molecule has 0 radical (unpaired) electrons. The van der Waals surface area contributed by atoms with Gasteiger partial charge in [0.1, 0.15) is 6.29 Å². The van der Waals surface area contributed by atoms with Crippen LogP contribution in [0.1, 0.15) is 12.8 Å². The maximum atomic E-state index is 10.3. The Morgan fingerprint density at radius 1 is 1.70 bits per heavy atom. The van der Waals surface area contributed by atoms with E-state index in [2.05, 4.69) is 0 Å². The lowest BCUT2D eigenvalue weighted by Gasteiger charge is -2.08. The molecule has 0 unspecified atom stereocenters. The van der Waals surface area contributed by atoms with Crippen LogP contribution < -0.4 is 0 Å². The monoisotopic (exact) mass is 138 g/mol. The molecule has 1 aliphatic rings. The van der Waals surface area contributed by atoms with Crippen molar-refractivity contribution in [2.45, 2.75) is 12.8 Å². The van der Waals surface area contributed by atoms with Crippen LogP contribution in [-0.4, -0.2) is 13.4 Å². The topological polar surface area (TPSA) is 26.3 Å². The summed E-state index contributed by atoms with van der Waals surface area (Å²) in [5.41, 5.74) is 0.725. The van der Waals surface area contributed by atoms with Crippen LogP contribution in [0.2, 0.25) is 0 Å². The predicted octanol–water partition coefficient (Wildman–Crippen LogP) is 1.44. The standard InChI is InChI=1S/C8H10O2/c1-10-8-4-2-3-7(5-8)6-9/h3,5-6H,2,4H2,1H3. The van der Waals surface area contributed by atoms with E-state index in [0.29, 0.717) is 0 Å². The van der Waals surface area contributed by atoms with Gasteiger partial charge in [-0.25, -0.2) is 0 Å². The minimum atomic E-state index is 0.725. The molecule has 2 nitrogen and oxygen atoms in total. The van der Waals surface area contributed by atoms with E-state index >= 15 is 0 Å². The Hall–Kier alpha value is -1.05. The smallest absolute Gasteiger partial charge is 0.149 e. The molecule has 0 aromatic heterocycles. The van der Waals surface area contributed by atoms with Gasteiger partial charge >= 0.3 is 0 Å². The fourth-order valence-electron chi connectivity index (χ4n) is 0.941. The van der Waals surface area contributed by atoms with Crippen LogP contribution in [0.15, 0.2) is 23.5 Å². The summed E-state index contributed by atoms with van der Waals surface area (Å²) in [5, 5.41) is 0. The molecule has 2 heteroatoms. The van der Waals surface area contributed by atoms with Gasteiger partial charge in [0.25, 0.3) is 0 Å². The largest absolute Gasteiger partial charge is 0.501 e. The van der Waals surface area contributed by atoms with Crippen LogP contribution in [0.5, 0.6) is 0 Å².